The van der Waals surface area contributed by atoms with Gasteiger partial charge in [-0.1, -0.05) is 6.92 Å². The van der Waals surface area contributed by atoms with Crippen LogP contribution in [0, 0.1) is 0 Å². The summed E-state index contributed by atoms with van der Waals surface area (Å²) >= 11 is 0. The minimum absolute atomic E-state index is 0.711. The Bertz CT molecular complexity index is 167. The van der Waals surface area contributed by atoms with Crippen molar-refractivity contribution in [1.82, 2.24) is 26.2 Å². The Hall–Kier alpha value is -0.240. The van der Waals surface area contributed by atoms with E-state index in [9.17, 15) is 0 Å². The van der Waals surface area contributed by atoms with E-state index in [0.29, 0.717) is 6.54 Å². The number of nitrogens with one attached hydrogen (secondary N) is 4. The third kappa shape index (κ3) is 14.0. The van der Waals surface area contributed by atoms with Crippen LogP contribution in [0.1, 0.15) is 6.92 Å². The zero-order chi connectivity index (χ0) is 14.2. The summed E-state index contributed by atoms with van der Waals surface area (Å²) in [7, 11) is 1.98. The number of rotatable bonds is 15. The van der Waals surface area contributed by atoms with E-state index in [0.717, 1.165) is 65.4 Å². The third-order valence-corrected chi connectivity index (χ3v) is 2.94. The summed E-state index contributed by atoms with van der Waals surface area (Å²) < 4.78 is 0. The summed E-state index contributed by atoms with van der Waals surface area (Å²) in [5.41, 5.74) is 5.47. The second kappa shape index (κ2) is 15.8. The second-order valence-electron chi connectivity index (χ2n) is 4.59. The maximum atomic E-state index is 5.47. The van der Waals surface area contributed by atoms with E-state index < -0.39 is 0 Å². The van der Waals surface area contributed by atoms with E-state index in [1.807, 2.05) is 7.05 Å². The minimum Gasteiger partial charge on any atom is -0.329 e. The molecule has 0 aromatic carbocycles. The monoisotopic (exact) mass is 274 g/mol. The molecule has 0 heterocycles. The highest BCUT2D eigenvalue weighted by Gasteiger charge is 2.03. The van der Waals surface area contributed by atoms with E-state index >= 15 is 0 Å². The largest absolute Gasteiger partial charge is 0.329 e. The Balaban J connectivity index is 3.63. The molecule has 0 bridgehead atoms. The number of likely N-dealkylation sites (N-methyl/N-ethyl adjacent to an activating group) is 2. The highest BCUT2D eigenvalue weighted by atomic mass is 15.2. The molecule has 6 heteroatoms. The molecule has 6 N–H and O–H groups in total. The summed E-state index contributed by atoms with van der Waals surface area (Å²) in [5.74, 6) is 0. The molecule has 0 spiro atoms. The second-order valence-corrected chi connectivity index (χ2v) is 4.59. The summed E-state index contributed by atoms with van der Waals surface area (Å²) in [6.45, 7) is 13.3. The lowest BCUT2D eigenvalue weighted by Crippen LogP contribution is -2.41. The molecular formula is C13H34N6. The molecule has 6 nitrogen and oxygen atoms in total. The lowest BCUT2D eigenvalue weighted by Gasteiger charge is -2.23. The summed E-state index contributed by atoms with van der Waals surface area (Å²) in [4.78, 5) is 2.48. The Morgan fingerprint density at radius 2 is 1.37 bits per heavy atom. The van der Waals surface area contributed by atoms with Crippen molar-refractivity contribution < 1.29 is 0 Å². The first-order valence-electron chi connectivity index (χ1n) is 7.54. The Kier molecular flexibility index (Phi) is 15.6. The molecule has 0 rings (SSSR count). The molecule has 0 atom stereocenters. The van der Waals surface area contributed by atoms with Crippen LogP contribution in [0.25, 0.3) is 0 Å². The highest BCUT2D eigenvalue weighted by Crippen LogP contribution is 1.85. The molecule has 0 aliphatic rings. The van der Waals surface area contributed by atoms with Gasteiger partial charge in [-0.25, -0.2) is 0 Å². The number of hydrogen-bond donors (Lipinski definition) is 5. The van der Waals surface area contributed by atoms with Gasteiger partial charge in [0.05, 0.1) is 0 Å². The molecule has 19 heavy (non-hydrogen) atoms. The van der Waals surface area contributed by atoms with Gasteiger partial charge in [-0.15, -0.1) is 0 Å². The van der Waals surface area contributed by atoms with E-state index in [1.165, 1.54) is 0 Å². The van der Waals surface area contributed by atoms with Gasteiger partial charge in [-0.2, -0.15) is 0 Å². The molecule has 0 aromatic rings. The van der Waals surface area contributed by atoms with Crippen LogP contribution in [0.2, 0.25) is 0 Å². The predicted octanol–water partition coefficient (Wildman–Crippen LogP) is -1.74. The van der Waals surface area contributed by atoms with Crippen LogP contribution in [0.5, 0.6) is 0 Å². The fourth-order valence-corrected chi connectivity index (χ4v) is 1.79. The summed E-state index contributed by atoms with van der Waals surface area (Å²) in [6, 6.07) is 0. The lowest BCUT2D eigenvalue weighted by molar-refractivity contribution is 0.273. The van der Waals surface area contributed by atoms with Gasteiger partial charge in [0.1, 0.15) is 0 Å². The Morgan fingerprint density at radius 1 is 0.789 bits per heavy atom. The van der Waals surface area contributed by atoms with Crippen molar-refractivity contribution in [2.75, 3.05) is 79.0 Å². The topological polar surface area (TPSA) is 77.4 Å². The van der Waals surface area contributed by atoms with Crippen LogP contribution in [0.4, 0.5) is 0 Å². The molecule has 0 aliphatic heterocycles. The Labute approximate surface area is 118 Å². The van der Waals surface area contributed by atoms with Crippen LogP contribution in [-0.2, 0) is 0 Å². The number of nitrogens with zero attached hydrogens (tertiary/aromatic N) is 1. The lowest BCUT2D eigenvalue weighted by atomic mass is 10.4. The maximum absolute atomic E-state index is 5.47. The van der Waals surface area contributed by atoms with Crippen molar-refractivity contribution in [2.45, 2.75) is 6.92 Å². The predicted molar refractivity (Wildman–Crippen MR) is 83.7 cm³/mol. The van der Waals surface area contributed by atoms with Gasteiger partial charge in [-0.05, 0) is 13.6 Å². The van der Waals surface area contributed by atoms with Crippen molar-refractivity contribution in [1.29, 1.82) is 0 Å². The van der Waals surface area contributed by atoms with Crippen LogP contribution in [-0.4, -0.2) is 83.9 Å². The molecule has 0 unspecified atom stereocenters. The van der Waals surface area contributed by atoms with Crippen LogP contribution >= 0.6 is 0 Å². The first kappa shape index (κ1) is 18.8. The zero-order valence-electron chi connectivity index (χ0n) is 12.8. The zero-order valence-corrected chi connectivity index (χ0v) is 12.8. The molecule has 0 saturated carbocycles. The molecule has 0 radical (unpaired) electrons. The van der Waals surface area contributed by atoms with Crippen molar-refractivity contribution in [3.8, 4) is 0 Å². The van der Waals surface area contributed by atoms with Crippen LogP contribution in [0.15, 0.2) is 0 Å². The molecule has 116 valence electrons. The van der Waals surface area contributed by atoms with Gasteiger partial charge in [0, 0.05) is 65.4 Å². The van der Waals surface area contributed by atoms with Gasteiger partial charge >= 0.3 is 0 Å². The average molecular weight is 274 g/mol. The minimum atomic E-state index is 0.711. The third-order valence-electron chi connectivity index (χ3n) is 2.94. The Morgan fingerprint density at radius 3 is 1.89 bits per heavy atom. The molecule has 0 aliphatic carbocycles. The normalized spacial score (nSPS) is 11.4. The quantitative estimate of drug-likeness (QED) is 0.228. The van der Waals surface area contributed by atoms with Crippen molar-refractivity contribution >= 4 is 0 Å². The first-order chi connectivity index (χ1) is 9.35. The number of nitrogens with two attached hydrogens (primary N) is 1. The molecule has 0 saturated heterocycles. The van der Waals surface area contributed by atoms with Crippen molar-refractivity contribution in [3.63, 3.8) is 0 Å². The van der Waals surface area contributed by atoms with Gasteiger partial charge in [-0.3, -0.25) is 4.90 Å². The SMILES string of the molecule is CCNCCN(CCNCCN)CCNCCNC. The van der Waals surface area contributed by atoms with Crippen molar-refractivity contribution in [2.24, 2.45) is 5.73 Å². The molecule has 0 fully saturated rings. The van der Waals surface area contributed by atoms with E-state index in [4.69, 9.17) is 5.73 Å². The fraction of sp³-hybridized carbons (Fsp3) is 1.00. The fourth-order valence-electron chi connectivity index (χ4n) is 1.79. The summed E-state index contributed by atoms with van der Waals surface area (Å²) in [6.07, 6.45) is 0. The van der Waals surface area contributed by atoms with Crippen LogP contribution in [0.3, 0.4) is 0 Å². The number of hydrogen-bond acceptors (Lipinski definition) is 6. The summed E-state index contributed by atoms with van der Waals surface area (Å²) in [5, 5.41) is 13.3. The maximum Gasteiger partial charge on any atom is 0.0108 e. The smallest absolute Gasteiger partial charge is 0.0108 e. The standard InChI is InChI=1S/C13H34N6/c1-3-16-8-11-19(12-9-17-5-4-14)13-10-18-7-6-15-2/h15-18H,3-14H2,1-2H3. The van der Waals surface area contributed by atoms with E-state index in [2.05, 4.69) is 33.1 Å². The van der Waals surface area contributed by atoms with E-state index in [1.54, 1.807) is 0 Å². The molecule has 0 amide bonds. The van der Waals surface area contributed by atoms with Crippen molar-refractivity contribution in [3.05, 3.63) is 0 Å². The van der Waals surface area contributed by atoms with Gasteiger partial charge in [0.25, 0.3) is 0 Å². The molecule has 0 aromatic heterocycles. The van der Waals surface area contributed by atoms with Crippen LogP contribution < -0.4 is 27.0 Å². The van der Waals surface area contributed by atoms with Gasteiger partial charge < -0.3 is 27.0 Å². The van der Waals surface area contributed by atoms with Gasteiger partial charge in [0.15, 0.2) is 0 Å². The van der Waals surface area contributed by atoms with Gasteiger partial charge in [0.2, 0.25) is 0 Å². The highest BCUT2D eigenvalue weighted by molar-refractivity contribution is 4.64. The average Bonchev–Trinajstić information content (AvgIpc) is 2.42. The first-order valence-corrected chi connectivity index (χ1v) is 7.54. The molecular weight excluding hydrogens is 240 g/mol. The van der Waals surface area contributed by atoms with E-state index in [-0.39, 0.29) is 0 Å².